The Bertz CT molecular complexity index is 745. The Morgan fingerprint density at radius 1 is 1.11 bits per heavy atom. The van der Waals surface area contributed by atoms with Gasteiger partial charge in [-0.2, -0.15) is 0 Å². The van der Waals surface area contributed by atoms with Gasteiger partial charge in [0, 0.05) is 7.05 Å². The highest BCUT2D eigenvalue weighted by molar-refractivity contribution is 5.78. The zero-order valence-corrected chi connectivity index (χ0v) is 11.2. The van der Waals surface area contributed by atoms with Gasteiger partial charge in [-0.25, -0.2) is 9.97 Å². The maximum atomic E-state index is 4.49. The zero-order valence-electron chi connectivity index (χ0n) is 11.2. The molecule has 0 saturated carbocycles. The van der Waals surface area contributed by atoms with Gasteiger partial charge in [0.25, 0.3) is 0 Å². The lowest BCUT2D eigenvalue weighted by Gasteiger charge is -2.06. The van der Waals surface area contributed by atoms with Gasteiger partial charge >= 0.3 is 0 Å². The number of nitrogens with zero attached hydrogens (tertiary/aromatic N) is 4. The lowest BCUT2D eigenvalue weighted by atomic mass is 10.1. The largest absolute Gasteiger partial charge is 0.372 e. The van der Waals surface area contributed by atoms with Crippen LogP contribution >= 0.6 is 0 Å². The average molecular weight is 253 g/mol. The lowest BCUT2D eigenvalue weighted by Crippen LogP contribution is -2.01. The molecule has 0 radical (unpaired) electrons. The van der Waals surface area contributed by atoms with Crippen LogP contribution in [0.3, 0.4) is 0 Å². The van der Waals surface area contributed by atoms with Crippen molar-refractivity contribution in [3.63, 3.8) is 0 Å². The van der Waals surface area contributed by atoms with Gasteiger partial charge in [-0.15, -0.1) is 0 Å². The second-order valence-electron chi connectivity index (χ2n) is 4.55. The summed E-state index contributed by atoms with van der Waals surface area (Å²) in [5.74, 6) is 1.50. The fraction of sp³-hybridized carbons (Fsp3) is 0.214. The summed E-state index contributed by atoms with van der Waals surface area (Å²) in [4.78, 5) is 13.1. The van der Waals surface area contributed by atoms with Crippen LogP contribution in [0.1, 0.15) is 11.1 Å². The van der Waals surface area contributed by atoms with Crippen LogP contribution in [0.5, 0.6) is 0 Å². The van der Waals surface area contributed by atoms with Gasteiger partial charge in [0.2, 0.25) is 0 Å². The van der Waals surface area contributed by atoms with E-state index in [0.717, 1.165) is 22.7 Å². The number of fused-ring (bicyclic) bond motifs is 1. The summed E-state index contributed by atoms with van der Waals surface area (Å²) in [5, 5.41) is 2.99. The molecule has 5 heteroatoms. The van der Waals surface area contributed by atoms with E-state index in [0.29, 0.717) is 0 Å². The number of aryl methyl sites for hydroxylation is 2. The monoisotopic (exact) mass is 253 g/mol. The molecule has 0 atom stereocenters. The van der Waals surface area contributed by atoms with E-state index in [9.17, 15) is 0 Å². The maximum absolute atomic E-state index is 4.49. The van der Waals surface area contributed by atoms with Gasteiger partial charge < -0.3 is 5.32 Å². The van der Waals surface area contributed by atoms with Crippen molar-refractivity contribution >= 4 is 16.9 Å². The van der Waals surface area contributed by atoms with Gasteiger partial charge in [0.05, 0.1) is 23.4 Å². The summed E-state index contributed by atoms with van der Waals surface area (Å²) in [6.45, 7) is 4.19. The SMILES string of the molecule is CNc1cncc(-n2cnc3cc(C)c(C)cc32)n1. The Kier molecular flexibility index (Phi) is 2.67. The molecular formula is C14H15N5. The van der Waals surface area contributed by atoms with Crippen LogP contribution in [0.4, 0.5) is 5.82 Å². The van der Waals surface area contributed by atoms with Crippen molar-refractivity contribution in [3.8, 4) is 5.82 Å². The molecule has 19 heavy (non-hydrogen) atoms. The van der Waals surface area contributed by atoms with Crippen LogP contribution in [0, 0.1) is 13.8 Å². The summed E-state index contributed by atoms with van der Waals surface area (Å²) in [6, 6.07) is 4.22. The highest BCUT2D eigenvalue weighted by Crippen LogP contribution is 2.21. The van der Waals surface area contributed by atoms with Crippen molar-refractivity contribution in [3.05, 3.63) is 42.0 Å². The number of benzene rings is 1. The Labute approximate surface area is 111 Å². The van der Waals surface area contributed by atoms with Crippen LogP contribution in [0.15, 0.2) is 30.9 Å². The second kappa shape index (κ2) is 4.35. The van der Waals surface area contributed by atoms with Crippen LogP contribution in [0.2, 0.25) is 0 Å². The Balaban J connectivity index is 2.22. The molecule has 3 aromatic rings. The standard InChI is InChI=1S/C14H15N5/c1-9-4-11-12(5-10(9)2)19(8-17-11)14-7-16-6-13(15-3)18-14/h4-8H,1-3H3,(H,15,18). The van der Waals surface area contributed by atoms with E-state index in [4.69, 9.17) is 0 Å². The Morgan fingerprint density at radius 2 is 1.89 bits per heavy atom. The molecule has 2 heterocycles. The normalized spacial score (nSPS) is 10.9. The third-order valence-corrected chi connectivity index (χ3v) is 3.29. The van der Waals surface area contributed by atoms with Crippen molar-refractivity contribution in [2.75, 3.05) is 12.4 Å². The molecule has 2 aromatic heterocycles. The molecule has 0 spiro atoms. The number of hydrogen-bond donors (Lipinski definition) is 1. The molecule has 0 aliphatic heterocycles. The van der Waals surface area contributed by atoms with Gasteiger partial charge in [-0.05, 0) is 37.1 Å². The maximum Gasteiger partial charge on any atom is 0.159 e. The third kappa shape index (κ3) is 1.93. The first kappa shape index (κ1) is 11.6. The molecule has 0 aliphatic rings. The van der Waals surface area contributed by atoms with Crippen LogP contribution in [-0.2, 0) is 0 Å². The molecule has 1 aromatic carbocycles. The topological polar surface area (TPSA) is 55.6 Å². The molecule has 0 unspecified atom stereocenters. The van der Waals surface area contributed by atoms with E-state index in [1.165, 1.54) is 11.1 Å². The Hall–Kier alpha value is -2.43. The lowest BCUT2D eigenvalue weighted by molar-refractivity contribution is 0.996. The molecule has 0 saturated heterocycles. The van der Waals surface area contributed by atoms with E-state index < -0.39 is 0 Å². The first-order chi connectivity index (χ1) is 9.19. The van der Waals surface area contributed by atoms with Crippen molar-refractivity contribution < 1.29 is 0 Å². The summed E-state index contributed by atoms with van der Waals surface area (Å²) in [7, 11) is 1.83. The molecule has 1 N–H and O–H groups in total. The molecule has 0 aliphatic carbocycles. The number of rotatable bonds is 2. The molecule has 96 valence electrons. The summed E-state index contributed by atoms with van der Waals surface area (Å²) in [5.41, 5.74) is 4.50. The number of anilines is 1. The van der Waals surface area contributed by atoms with E-state index in [1.54, 1.807) is 18.7 Å². The molecule has 0 fully saturated rings. The third-order valence-electron chi connectivity index (χ3n) is 3.29. The fourth-order valence-corrected chi connectivity index (χ4v) is 2.04. The van der Waals surface area contributed by atoms with Crippen LogP contribution in [0.25, 0.3) is 16.9 Å². The molecule has 3 rings (SSSR count). The summed E-state index contributed by atoms with van der Waals surface area (Å²) < 4.78 is 1.95. The fourth-order valence-electron chi connectivity index (χ4n) is 2.04. The minimum atomic E-state index is 0.739. The smallest absolute Gasteiger partial charge is 0.159 e. The van der Waals surface area contributed by atoms with Crippen molar-refractivity contribution in [2.45, 2.75) is 13.8 Å². The number of hydrogen-bond acceptors (Lipinski definition) is 4. The summed E-state index contributed by atoms with van der Waals surface area (Å²) in [6.07, 6.45) is 5.21. The molecule has 5 nitrogen and oxygen atoms in total. The van der Waals surface area contributed by atoms with Gasteiger partial charge in [-0.1, -0.05) is 0 Å². The van der Waals surface area contributed by atoms with E-state index in [1.807, 2.05) is 11.6 Å². The van der Waals surface area contributed by atoms with E-state index >= 15 is 0 Å². The van der Waals surface area contributed by atoms with Crippen molar-refractivity contribution in [1.82, 2.24) is 19.5 Å². The first-order valence-corrected chi connectivity index (χ1v) is 6.13. The Morgan fingerprint density at radius 3 is 2.68 bits per heavy atom. The van der Waals surface area contributed by atoms with Crippen LogP contribution in [-0.4, -0.2) is 26.6 Å². The number of nitrogens with one attached hydrogen (secondary N) is 1. The van der Waals surface area contributed by atoms with Crippen LogP contribution < -0.4 is 5.32 Å². The van der Waals surface area contributed by atoms with Crippen molar-refractivity contribution in [1.29, 1.82) is 0 Å². The average Bonchev–Trinajstić information content (AvgIpc) is 2.82. The van der Waals surface area contributed by atoms with E-state index in [-0.39, 0.29) is 0 Å². The first-order valence-electron chi connectivity index (χ1n) is 6.13. The second-order valence-corrected chi connectivity index (χ2v) is 4.55. The van der Waals surface area contributed by atoms with Gasteiger partial charge in [0.1, 0.15) is 12.1 Å². The van der Waals surface area contributed by atoms with Crippen molar-refractivity contribution in [2.24, 2.45) is 0 Å². The summed E-state index contributed by atoms with van der Waals surface area (Å²) >= 11 is 0. The zero-order chi connectivity index (χ0) is 13.4. The highest BCUT2D eigenvalue weighted by atomic mass is 15.1. The predicted octanol–water partition coefficient (Wildman–Crippen LogP) is 2.47. The minimum absolute atomic E-state index is 0.739. The molecule has 0 amide bonds. The quantitative estimate of drug-likeness (QED) is 0.762. The molecule has 0 bridgehead atoms. The minimum Gasteiger partial charge on any atom is -0.372 e. The number of imidazole rings is 1. The number of aromatic nitrogens is 4. The highest BCUT2D eigenvalue weighted by Gasteiger charge is 2.08. The predicted molar refractivity (Wildman–Crippen MR) is 75.7 cm³/mol. The molecular weight excluding hydrogens is 238 g/mol. The van der Waals surface area contributed by atoms with Gasteiger partial charge in [-0.3, -0.25) is 9.55 Å². The van der Waals surface area contributed by atoms with Gasteiger partial charge in [0.15, 0.2) is 5.82 Å². The van der Waals surface area contributed by atoms with E-state index in [2.05, 4.69) is 46.2 Å².